The van der Waals surface area contributed by atoms with Crippen LogP contribution in [0.3, 0.4) is 0 Å². The molecule has 0 radical (unpaired) electrons. The number of benzene rings is 1. The van der Waals surface area contributed by atoms with Gasteiger partial charge >= 0.3 is 0 Å². The summed E-state index contributed by atoms with van der Waals surface area (Å²) in [5.41, 5.74) is 8.18. The second-order valence-electron chi connectivity index (χ2n) is 5.16. The molecule has 100 valence electrons. The summed E-state index contributed by atoms with van der Waals surface area (Å²) in [6.07, 6.45) is 1.49. The Morgan fingerprint density at radius 3 is 2.56 bits per heavy atom. The monoisotopic (exact) mass is 248 g/mol. The predicted molar refractivity (Wildman–Crippen MR) is 74.2 cm³/mol. The largest absolute Gasteiger partial charge is 0.376 e. The molecule has 2 rings (SSSR count). The molecule has 1 saturated heterocycles. The van der Waals surface area contributed by atoms with Crippen LogP contribution in [-0.4, -0.2) is 30.2 Å². The quantitative estimate of drug-likeness (QED) is 0.887. The topological polar surface area (TPSA) is 38.5 Å². The number of ether oxygens (including phenoxy) is 1. The van der Waals surface area contributed by atoms with E-state index in [-0.39, 0.29) is 0 Å². The van der Waals surface area contributed by atoms with Gasteiger partial charge in [-0.1, -0.05) is 31.2 Å². The molecule has 3 nitrogen and oxygen atoms in total. The van der Waals surface area contributed by atoms with Crippen LogP contribution in [0.2, 0.25) is 0 Å². The lowest BCUT2D eigenvalue weighted by atomic mass is 10.1. The Morgan fingerprint density at radius 1 is 1.28 bits per heavy atom. The van der Waals surface area contributed by atoms with Gasteiger partial charge in [-0.25, -0.2) is 0 Å². The van der Waals surface area contributed by atoms with Gasteiger partial charge in [-0.2, -0.15) is 0 Å². The molecule has 0 saturated carbocycles. The zero-order valence-corrected chi connectivity index (χ0v) is 11.4. The van der Waals surface area contributed by atoms with Crippen LogP contribution in [0.4, 0.5) is 0 Å². The van der Waals surface area contributed by atoms with Crippen molar-refractivity contribution in [3.8, 4) is 0 Å². The molecular weight excluding hydrogens is 224 g/mol. The van der Waals surface area contributed by atoms with Crippen molar-refractivity contribution in [3.63, 3.8) is 0 Å². The molecule has 1 aliphatic heterocycles. The number of nitrogens with zero attached hydrogens (tertiary/aromatic N) is 1. The van der Waals surface area contributed by atoms with Gasteiger partial charge < -0.3 is 10.5 Å². The Hall–Kier alpha value is -0.900. The van der Waals surface area contributed by atoms with Gasteiger partial charge in [0.05, 0.1) is 12.7 Å². The van der Waals surface area contributed by atoms with Crippen molar-refractivity contribution < 1.29 is 4.74 Å². The van der Waals surface area contributed by atoms with Crippen molar-refractivity contribution in [1.29, 1.82) is 0 Å². The van der Waals surface area contributed by atoms with E-state index in [0.29, 0.717) is 18.7 Å². The highest BCUT2D eigenvalue weighted by Gasteiger charge is 2.25. The minimum absolute atomic E-state index is 0.344. The van der Waals surface area contributed by atoms with Crippen molar-refractivity contribution in [2.75, 3.05) is 13.2 Å². The van der Waals surface area contributed by atoms with Crippen LogP contribution in [0.25, 0.3) is 0 Å². The van der Waals surface area contributed by atoms with E-state index in [0.717, 1.165) is 26.1 Å². The smallest absolute Gasteiger partial charge is 0.0674 e. The fraction of sp³-hybridized carbons (Fsp3) is 0.600. The maximum Gasteiger partial charge on any atom is 0.0674 e. The van der Waals surface area contributed by atoms with E-state index in [4.69, 9.17) is 10.5 Å². The molecule has 2 N–H and O–H groups in total. The molecule has 18 heavy (non-hydrogen) atoms. The molecule has 0 amide bonds. The molecule has 2 unspecified atom stereocenters. The molecule has 1 fully saturated rings. The van der Waals surface area contributed by atoms with Gasteiger partial charge in [0.15, 0.2) is 0 Å². The normalized spacial score (nSPS) is 25.3. The molecular formula is C15H24N2O. The highest BCUT2D eigenvalue weighted by molar-refractivity contribution is 5.22. The first-order valence-corrected chi connectivity index (χ1v) is 6.86. The van der Waals surface area contributed by atoms with E-state index < -0.39 is 0 Å². The Labute approximate surface area is 110 Å². The Morgan fingerprint density at radius 2 is 1.94 bits per heavy atom. The fourth-order valence-corrected chi connectivity index (χ4v) is 2.50. The lowest BCUT2D eigenvalue weighted by Gasteiger charge is -2.38. The fourth-order valence-electron chi connectivity index (χ4n) is 2.50. The molecule has 0 aliphatic carbocycles. The highest BCUT2D eigenvalue weighted by atomic mass is 16.5. The average molecular weight is 248 g/mol. The number of hydrogen-bond donors (Lipinski definition) is 1. The van der Waals surface area contributed by atoms with Crippen molar-refractivity contribution >= 4 is 0 Å². The van der Waals surface area contributed by atoms with Crippen molar-refractivity contribution in [3.05, 3.63) is 35.4 Å². The third-order valence-corrected chi connectivity index (χ3v) is 3.70. The molecule has 1 aliphatic rings. The number of hydrogen-bond acceptors (Lipinski definition) is 3. The Balaban J connectivity index is 2.01. The molecule has 1 heterocycles. The standard InChI is InChI=1S/C15H24N2O/c1-3-15-11-18-12(2)9-17(15)10-14-6-4-13(8-16)5-7-14/h4-7,12,15H,3,8-11,16H2,1-2H3. The number of rotatable bonds is 4. The summed E-state index contributed by atoms with van der Waals surface area (Å²) in [5.74, 6) is 0. The van der Waals surface area contributed by atoms with Gasteiger partial charge in [-0.05, 0) is 24.5 Å². The van der Waals surface area contributed by atoms with Crippen molar-refractivity contribution in [2.45, 2.75) is 45.5 Å². The average Bonchev–Trinajstić information content (AvgIpc) is 2.40. The van der Waals surface area contributed by atoms with E-state index in [1.54, 1.807) is 0 Å². The van der Waals surface area contributed by atoms with Gasteiger partial charge in [0.1, 0.15) is 0 Å². The van der Waals surface area contributed by atoms with E-state index in [2.05, 4.69) is 43.0 Å². The summed E-state index contributed by atoms with van der Waals surface area (Å²) < 4.78 is 5.73. The molecule has 0 bridgehead atoms. The zero-order valence-electron chi connectivity index (χ0n) is 11.4. The minimum Gasteiger partial charge on any atom is -0.376 e. The van der Waals surface area contributed by atoms with E-state index >= 15 is 0 Å². The SMILES string of the molecule is CCC1COC(C)CN1Cc1ccc(CN)cc1. The van der Waals surface area contributed by atoms with Crippen molar-refractivity contribution in [1.82, 2.24) is 4.90 Å². The van der Waals surface area contributed by atoms with Crippen LogP contribution in [0.15, 0.2) is 24.3 Å². The van der Waals surface area contributed by atoms with Crippen LogP contribution in [0.5, 0.6) is 0 Å². The summed E-state index contributed by atoms with van der Waals surface area (Å²) in [6, 6.07) is 9.18. The van der Waals surface area contributed by atoms with Gasteiger partial charge in [0, 0.05) is 25.7 Å². The Bertz CT molecular complexity index is 363. The first-order valence-electron chi connectivity index (χ1n) is 6.86. The maximum atomic E-state index is 5.73. The highest BCUT2D eigenvalue weighted by Crippen LogP contribution is 2.18. The number of nitrogens with two attached hydrogens (primary N) is 1. The summed E-state index contributed by atoms with van der Waals surface area (Å²) in [5, 5.41) is 0. The third-order valence-electron chi connectivity index (χ3n) is 3.70. The Kier molecular flexibility index (Phi) is 4.75. The van der Waals surface area contributed by atoms with Crippen LogP contribution in [0, 0.1) is 0 Å². The van der Waals surface area contributed by atoms with Crippen LogP contribution < -0.4 is 5.73 Å². The van der Waals surface area contributed by atoms with Crippen LogP contribution >= 0.6 is 0 Å². The van der Waals surface area contributed by atoms with Crippen LogP contribution in [-0.2, 0) is 17.8 Å². The maximum absolute atomic E-state index is 5.73. The molecule has 1 aromatic carbocycles. The lowest BCUT2D eigenvalue weighted by molar-refractivity contribution is -0.0592. The summed E-state index contributed by atoms with van der Waals surface area (Å²) >= 11 is 0. The molecule has 1 aromatic rings. The van der Waals surface area contributed by atoms with E-state index in [9.17, 15) is 0 Å². The second-order valence-corrected chi connectivity index (χ2v) is 5.16. The molecule has 0 spiro atoms. The molecule has 0 aromatic heterocycles. The second kappa shape index (κ2) is 6.32. The lowest BCUT2D eigenvalue weighted by Crippen LogP contribution is -2.47. The summed E-state index contributed by atoms with van der Waals surface area (Å²) in [6.45, 7) is 7.89. The predicted octanol–water partition coefficient (Wildman–Crippen LogP) is 2.14. The van der Waals surface area contributed by atoms with Gasteiger partial charge in [0.2, 0.25) is 0 Å². The zero-order chi connectivity index (χ0) is 13.0. The summed E-state index contributed by atoms with van der Waals surface area (Å²) in [7, 11) is 0. The first-order chi connectivity index (χ1) is 8.72. The summed E-state index contributed by atoms with van der Waals surface area (Å²) in [4.78, 5) is 2.53. The number of morpholine rings is 1. The van der Waals surface area contributed by atoms with E-state index in [1.165, 1.54) is 11.1 Å². The molecule has 3 heteroatoms. The minimum atomic E-state index is 0.344. The molecule has 2 atom stereocenters. The third kappa shape index (κ3) is 3.31. The van der Waals surface area contributed by atoms with Gasteiger partial charge in [-0.3, -0.25) is 4.90 Å². The first kappa shape index (κ1) is 13.5. The van der Waals surface area contributed by atoms with E-state index in [1.807, 2.05) is 0 Å². The van der Waals surface area contributed by atoms with Gasteiger partial charge in [-0.15, -0.1) is 0 Å². The van der Waals surface area contributed by atoms with Crippen LogP contribution in [0.1, 0.15) is 31.4 Å². The van der Waals surface area contributed by atoms with Crippen molar-refractivity contribution in [2.24, 2.45) is 5.73 Å². The van der Waals surface area contributed by atoms with Gasteiger partial charge in [0.25, 0.3) is 0 Å².